The predicted molar refractivity (Wildman–Crippen MR) is 136 cm³/mol. The molecule has 1 aromatic carbocycles. The molecule has 0 aromatic heterocycles. The summed E-state index contributed by atoms with van der Waals surface area (Å²) in [6.45, 7) is 8.10. The van der Waals surface area contributed by atoms with Gasteiger partial charge in [0.15, 0.2) is 5.96 Å². The first-order valence-electron chi connectivity index (χ1n) is 11.2. The van der Waals surface area contributed by atoms with Crippen LogP contribution in [0.1, 0.15) is 36.8 Å². The van der Waals surface area contributed by atoms with Crippen LogP contribution in [0.4, 0.5) is 0 Å². The standard InChI is InChI=1S/C23H37N5O2.HI/c1-18-8-9-20(21(16-18)30-3)17-26-23(24-2)25-10-11-27-12-14-28(15-13-27)22(29)19-6-4-5-7-19;/h8-9,16,19H,4-7,10-15,17H2,1-3H3,(H2,24,25,26);1H. The number of carbonyl (C=O) groups is 1. The van der Waals surface area contributed by atoms with Crippen LogP contribution in [-0.4, -0.2) is 75.1 Å². The number of carbonyl (C=O) groups excluding carboxylic acids is 1. The Labute approximate surface area is 204 Å². The van der Waals surface area contributed by atoms with Crippen molar-refractivity contribution in [2.75, 3.05) is 53.4 Å². The predicted octanol–water partition coefficient (Wildman–Crippen LogP) is 2.62. The quantitative estimate of drug-likeness (QED) is 0.315. The number of hydrogen-bond donors (Lipinski definition) is 2. The van der Waals surface area contributed by atoms with Gasteiger partial charge in [-0.2, -0.15) is 0 Å². The number of guanidine groups is 1. The van der Waals surface area contributed by atoms with Crippen LogP contribution in [0.2, 0.25) is 0 Å². The molecule has 174 valence electrons. The molecule has 0 spiro atoms. The van der Waals surface area contributed by atoms with E-state index < -0.39 is 0 Å². The van der Waals surface area contributed by atoms with E-state index in [1.165, 1.54) is 18.4 Å². The summed E-state index contributed by atoms with van der Waals surface area (Å²) in [6, 6.07) is 6.22. The second-order valence-corrected chi connectivity index (χ2v) is 8.32. The average molecular weight is 543 g/mol. The Hall–Kier alpha value is -1.55. The largest absolute Gasteiger partial charge is 0.496 e. The van der Waals surface area contributed by atoms with Gasteiger partial charge in [0.2, 0.25) is 5.91 Å². The maximum atomic E-state index is 12.6. The number of nitrogens with zero attached hydrogens (tertiary/aromatic N) is 3. The second-order valence-electron chi connectivity index (χ2n) is 8.32. The van der Waals surface area contributed by atoms with Gasteiger partial charge in [-0.1, -0.05) is 25.0 Å². The molecule has 1 heterocycles. The highest BCUT2D eigenvalue weighted by molar-refractivity contribution is 14.0. The summed E-state index contributed by atoms with van der Waals surface area (Å²) in [7, 11) is 3.49. The third kappa shape index (κ3) is 7.52. The first-order chi connectivity index (χ1) is 14.6. The number of piperazine rings is 1. The Morgan fingerprint density at radius 3 is 2.52 bits per heavy atom. The molecular formula is C23H38IN5O2. The molecule has 1 amide bonds. The molecule has 1 aliphatic carbocycles. The molecule has 1 saturated heterocycles. The van der Waals surface area contributed by atoms with Gasteiger partial charge in [-0.15, -0.1) is 24.0 Å². The molecule has 7 nitrogen and oxygen atoms in total. The Morgan fingerprint density at radius 1 is 1.16 bits per heavy atom. The second kappa shape index (κ2) is 13.1. The van der Waals surface area contributed by atoms with Crippen LogP contribution in [0.3, 0.4) is 0 Å². The van der Waals surface area contributed by atoms with Crippen molar-refractivity contribution in [1.82, 2.24) is 20.4 Å². The fourth-order valence-electron chi connectivity index (χ4n) is 4.35. The number of halogens is 1. The van der Waals surface area contributed by atoms with Crippen LogP contribution >= 0.6 is 24.0 Å². The zero-order chi connectivity index (χ0) is 21.3. The Kier molecular flexibility index (Phi) is 10.9. The van der Waals surface area contributed by atoms with E-state index in [0.717, 1.165) is 69.4 Å². The molecule has 1 saturated carbocycles. The van der Waals surface area contributed by atoms with Gasteiger partial charge in [-0.05, 0) is 31.4 Å². The van der Waals surface area contributed by atoms with Gasteiger partial charge < -0.3 is 20.3 Å². The average Bonchev–Trinajstić information content (AvgIpc) is 3.31. The summed E-state index contributed by atoms with van der Waals surface area (Å²) in [6.07, 6.45) is 4.61. The van der Waals surface area contributed by atoms with Gasteiger partial charge in [-0.3, -0.25) is 14.7 Å². The lowest BCUT2D eigenvalue weighted by atomic mass is 10.1. The third-order valence-corrected chi connectivity index (χ3v) is 6.22. The van der Waals surface area contributed by atoms with Crippen molar-refractivity contribution < 1.29 is 9.53 Å². The van der Waals surface area contributed by atoms with E-state index in [1.807, 2.05) is 6.07 Å². The fraction of sp³-hybridized carbons (Fsp3) is 0.652. The number of rotatable bonds is 7. The van der Waals surface area contributed by atoms with Crippen molar-refractivity contribution in [3.63, 3.8) is 0 Å². The van der Waals surface area contributed by atoms with Crippen LogP contribution in [0, 0.1) is 12.8 Å². The number of benzene rings is 1. The highest BCUT2D eigenvalue weighted by Crippen LogP contribution is 2.26. The van der Waals surface area contributed by atoms with Gasteiger partial charge in [0.25, 0.3) is 0 Å². The molecule has 0 bridgehead atoms. The van der Waals surface area contributed by atoms with Crippen LogP contribution < -0.4 is 15.4 Å². The number of methoxy groups -OCH3 is 1. The maximum absolute atomic E-state index is 12.6. The lowest BCUT2D eigenvalue weighted by molar-refractivity contribution is -0.137. The summed E-state index contributed by atoms with van der Waals surface area (Å²) in [5.74, 6) is 2.36. The number of amides is 1. The molecule has 2 fully saturated rings. The van der Waals surface area contributed by atoms with E-state index in [-0.39, 0.29) is 24.0 Å². The van der Waals surface area contributed by atoms with Crippen molar-refractivity contribution in [2.24, 2.45) is 10.9 Å². The molecule has 31 heavy (non-hydrogen) atoms. The van der Waals surface area contributed by atoms with Crippen molar-refractivity contribution in [3.05, 3.63) is 29.3 Å². The molecular weight excluding hydrogens is 505 g/mol. The van der Waals surface area contributed by atoms with E-state index in [4.69, 9.17) is 4.74 Å². The smallest absolute Gasteiger partial charge is 0.225 e. The van der Waals surface area contributed by atoms with E-state index >= 15 is 0 Å². The Bertz CT molecular complexity index is 729. The zero-order valence-electron chi connectivity index (χ0n) is 19.2. The van der Waals surface area contributed by atoms with Crippen LogP contribution in [-0.2, 0) is 11.3 Å². The SMILES string of the molecule is CN=C(NCCN1CCN(C(=O)C2CCCC2)CC1)NCc1ccc(C)cc1OC.I. The van der Waals surface area contributed by atoms with Gasteiger partial charge in [0.1, 0.15) is 5.75 Å². The molecule has 2 N–H and O–H groups in total. The van der Waals surface area contributed by atoms with Crippen molar-refractivity contribution in [2.45, 2.75) is 39.2 Å². The minimum absolute atomic E-state index is 0. The molecule has 0 atom stereocenters. The van der Waals surface area contributed by atoms with E-state index in [1.54, 1.807) is 14.2 Å². The van der Waals surface area contributed by atoms with E-state index in [0.29, 0.717) is 18.4 Å². The van der Waals surface area contributed by atoms with Crippen LogP contribution in [0.15, 0.2) is 23.2 Å². The first-order valence-corrected chi connectivity index (χ1v) is 11.2. The van der Waals surface area contributed by atoms with Crippen molar-refractivity contribution in [3.8, 4) is 5.75 Å². The maximum Gasteiger partial charge on any atom is 0.225 e. The lowest BCUT2D eigenvalue weighted by Gasteiger charge is -2.36. The normalized spacial score (nSPS) is 17.9. The summed E-state index contributed by atoms with van der Waals surface area (Å²) in [5, 5.41) is 6.75. The van der Waals surface area contributed by atoms with Gasteiger partial charge in [0, 0.05) is 64.3 Å². The van der Waals surface area contributed by atoms with Crippen molar-refractivity contribution in [1.29, 1.82) is 0 Å². The van der Waals surface area contributed by atoms with E-state index in [2.05, 4.69) is 44.5 Å². The number of ether oxygens (including phenoxy) is 1. The first kappa shape index (κ1) is 25.7. The Balaban J connectivity index is 0.00000341. The molecule has 3 rings (SSSR count). The topological polar surface area (TPSA) is 69.2 Å². The Morgan fingerprint density at radius 2 is 1.87 bits per heavy atom. The highest BCUT2D eigenvalue weighted by Gasteiger charge is 2.29. The summed E-state index contributed by atoms with van der Waals surface area (Å²) in [4.78, 5) is 21.4. The monoisotopic (exact) mass is 543 g/mol. The number of aryl methyl sites for hydroxylation is 1. The van der Waals surface area contributed by atoms with Crippen LogP contribution in [0.25, 0.3) is 0 Å². The minimum Gasteiger partial charge on any atom is -0.496 e. The lowest BCUT2D eigenvalue weighted by Crippen LogP contribution is -2.51. The van der Waals surface area contributed by atoms with Gasteiger partial charge in [-0.25, -0.2) is 0 Å². The van der Waals surface area contributed by atoms with E-state index in [9.17, 15) is 4.79 Å². The minimum atomic E-state index is 0. The highest BCUT2D eigenvalue weighted by atomic mass is 127. The zero-order valence-corrected chi connectivity index (χ0v) is 21.5. The summed E-state index contributed by atoms with van der Waals surface area (Å²) < 4.78 is 5.48. The molecule has 1 aromatic rings. The van der Waals surface area contributed by atoms with Crippen molar-refractivity contribution >= 4 is 35.8 Å². The number of aliphatic imine (C=N–C) groups is 1. The molecule has 2 aliphatic rings. The number of nitrogens with one attached hydrogen (secondary N) is 2. The summed E-state index contributed by atoms with van der Waals surface area (Å²) in [5.41, 5.74) is 2.29. The van der Waals surface area contributed by atoms with Gasteiger partial charge >= 0.3 is 0 Å². The molecule has 0 radical (unpaired) electrons. The molecule has 8 heteroatoms. The summed E-state index contributed by atoms with van der Waals surface area (Å²) >= 11 is 0. The molecule has 1 aliphatic heterocycles. The fourth-order valence-corrected chi connectivity index (χ4v) is 4.35. The third-order valence-electron chi connectivity index (χ3n) is 6.22. The number of hydrogen-bond acceptors (Lipinski definition) is 4. The molecule has 0 unspecified atom stereocenters. The van der Waals surface area contributed by atoms with Gasteiger partial charge in [0.05, 0.1) is 7.11 Å². The van der Waals surface area contributed by atoms with Crippen LogP contribution in [0.5, 0.6) is 5.75 Å².